The fraction of sp³-hybridized carbons (Fsp3) is 0.100. The fourth-order valence-electron chi connectivity index (χ4n) is 2.84. The van der Waals surface area contributed by atoms with Crippen molar-refractivity contribution in [3.63, 3.8) is 0 Å². The zero-order valence-corrected chi connectivity index (χ0v) is 15.9. The number of ether oxygens (including phenoxy) is 2. The molecule has 1 amide bonds. The van der Waals surface area contributed by atoms with E-state index in [0.29, 0.717) is 27.6 Å². The van der Waals surface area contributed by atoms with Gasteiger partial charge in [-0.2, -0.15) is 5.10 Å². The lowest BCUT2D eigenvalue weighted by atomic mass is 10.0. The van der Waals surface area contributed by atoms with E-state index in [9.17, 15) is 4.79 Å². The summed E-state index contributed by atoms with van der Waals surface area (Å²) in [4.78, 5) is 13.7. The van der Waals surface area contributed by atoms with Crippen molar-refractivity contribution in [1.29, 1.82) is 0 Å². The lowest BCUT2D eigenvalue weighted by Crippen LogP contribution is -2.17. The van der Waals surface area contributed by atoms with Gasteiger partial charge in [-0.3, -0.25) is 4.79 Å². The van der Waals surface area contributed by atoms with Crippen LogP contribution in [-0.4, -0.2) is 18.9 Å². The van der Waals surface area contributed by atoms with E-state index in [4.69, 9.17) is 21.1 Å². The molecule has 1 aliphatic heterocycles. The summed E-state index contributed by atoms with van der Waals surface area (Å²) in [5, 5.41) is 6.36. The maximum absolute atomic E-state index is 12.6. The first kappa shape index (κ1) is 17.6. The summed E-state index contributed by atoms with van der Waals surface area (Å²) in [6, 6.07) is 13.2. The lowest BCUT2D eigenvalue weighted by molar-refractivity contribution is 0.0956. The minimum Gasteiger partial charge on any atom is -0.454 e. The van der Waals surface area contributed by atoms with Gasteiger partial charge in [0.15, 0.2) is 11.5 Å². The Kier molecular flexibility index (Phi) is 4.83. The van der Waals surface area contributed by atoms with Gasteiger partial charge >= 0.3 is 0 Å². The Balaban J connectivity index is 1.54. The van der Waals surface area contributed by atoms with Gasteiger partial charge in [0.25, 0.3) is 5.91 Å². The number of hydrazone groups is 1. The van der Waals surface area contributed by atoms with Crippen molar-refractivity contribution in [2.24, 2.45) is 5.10 Å². The average molecular weight is 399 g/mol. The number of hydrogen-bond donors (Lipinski definition) is 1. The first-order valence-corrected chi connectivity index (χ1v) is 9.45. The van der Waals surface area contributed by atoms with Crippen LogP contribution in [0.3, 0.4) is 0 Å². The van der Waals surface area contributed by atoms with Gasteiger partial charge in [0.2, 0.25) is 6.79 Å². The van der Waals surface area contributed by atoms with Gasteiger partial charge in [-0.1, -0.05) is 41.9 Å². The molecule has 0 spiro atoms. The van der Waals surface area contributed by atoms with Crippen LogP contribution in [0.15, 0.2) is 52.9 Å². The van der Waals surface area contributed by atoms with Crippen LogP contribution < -0.4 is 14.9 Å². The van der Waals surface area contributed by atoms with Gasteiger partial charge in [-0.25, -0.2) is 5.43 Å². The number of nitrogens with one attached hydrogen (secondary N) is 1. The molecule has 1 aromatic heterocycles. The molecule has 4 rings (SSSR count). The predicted octanol–water partition coefficient (Wildman–Crippen LogP) is 4.87. The number of aryl methyl sites for hydroxylation is 1. The smallest absolute Gasteiger partial charge is 0.272 e. The molecule has 0 atom stereocenters. The molecular weight excluding hydrogens is 384 g/mol. The first-order chi connectivity index (χ1) is 13.1. The molecule has 3 aromatic rings. The summed E-state index contributed by atoms with van der Waals surface area (Å²) >= 11 is 7.75. The average Bonchev–Trinajstić information content (AvgIpc) is 3.28. The molecule has 136 valence electrons. The Morgan fingerprint density at radius 2 is 1.96 bits per heavy atom. The number of hydrogen-bond acceptors (Lipinski definition) is 5. The molecule has 2 aromatic carbocycles. The van der Waals surface area contributed by atoms with Crippen LogP contribution in [-0.2, 0) is 0 Å². The monoisotopic (exact) mass is 398 g/mol. The summed E-state index contributed by atoms with van der Waals surface area (Å²) in [6.45, 7) is 2.17. The zero-order valence-electron chi connectivity index (χ0n) is 14.4. The van der Waals surface area contributed by atoms with Crippen molar-refractivity contribution in [2.75, 3.05) is 6.79 Å². The van der Waals surface area contributed by atoms with Crippen LogP contribution in [0.4, 0.5) is 0 Å². The van der Waals surface area contributed by atoms with Gasteiger partial charge < -0.3 is 9.47 Å². The topological polar surface area (TPSA) is 59.9 Å². The Hall–Kier alpha value is -2.83. The zero-order chi connectivity index (χ0) is 18.8. The molecule has 0 fully saturated rings. The summed E-state index contributed by atoms with van der Waals surface area (Å²) < 4.78 is 10.6. The van der Waals surface area contributed by atoms with Crippen molar-refractivity contribution >= 4 is 35.1 Å². The molecule has 1 N–H and O–H groups in total. The number of carbonyl (C=O) groups excluding carboxylic acids is 1. The number of nitrogens with zero attached hydrogens (tertiary/aromatic N) is 1. The van der Waals surface area contributed by atoms with E-state index in [1.807, 2.05) is 42.6 Å². The minimum atomic E-state index is -0.272. The highest BCUT2D eigenvalue weighted by Gasteiger charge is 2.18. The van der Waals surface area contributed by atoms with Crippen molar-refractivity contribution in [3.05, 3.63) is 68.9 Å². The van der Waals surface area contributed by atoms with E-state index < -0.39 is 0 Å². The Labute approximate surface area is 165 Å². The van der Waals surface area contributed by atoms with Crippen molar-refractivity contribution in [3.8, 4) is 22.6 Å². The summed E-state index contributed by atoms with van der Waals surface area (Å²) in [6.07, 6.45) is 1.49. The third kappa shape index (κ3) is 3.54. The fourth-order valence-corrected chi connectivity index (χ4v) is 3.91. The first-order valence-electron chi connectivity index (χ1n) is 8.19. The third-order valence-electron chi connectivity index (χ3n) is 4.14. The number of halogens is 1. The van der Waals surface area contributed by atoms with Crippen LogP contribution in [0.25, 0.3) is 11.1 Å². The number of carbonyl (C=O) groups is 1. The molecule has 0 unspecified atom stereocenters. The normalized spacial score (nSPS) is 12.5. The molecule has 0 aliphatic carbocycles. The van der Waals surface area contributed by atoms with Crippen LogP contribution >= 0.6 is 22.9 Å². The highest BCUT2D eigenvalue weighted by atomic mass is 35.5. The molecule has 0 saturated carbocycles. The van der Waals surface area contributed by atoms with E-state index in [1.54, 1.807) is 12.1 Å². The molecule has 27 heavy (non-hydrogen) atoms. The van der Waals surface area contributed by atoms with Crippen LogP contribution in [0, 0.1) is 6.92 Å². The number of rotatable bonds is 4. The van der Waals surface area contributed by atoms with E-state index in [1.165, 1.54) is 17.6 Å². The summed E-state index contributed by atoms with van der Waals surface area (Å²) in [5.41, 5.74) is 5.73. The summed E-state index contributed by atoms with van der Waals surface area (Å²) in [5.74, 6) is 0.931. The quantitative estimate of drug-likeness (QED) is 0.503. The van der Waals surface area contributed by atoms with E-state index in [0.717, 1.165) is 16.0 Å². The predicted molar refractivity (Wildman–Crippen MR) is 107 cm³/mol. The highest BCUT2D eigenvalue weighted by molar-refractivity contribution is 7.10. The molecule has 5 nitrogen and oxygen atoms in total. The largest absolute Gasteiger partial charge is 0.454 e. The van der Waals surface area contributed by atoms with E-state index >= 15 is 0 Å². The van der Waals surface area contributed by atoms with Crippen LogP contribution in [0.5, 0.6) is 11.5 Å². The van der Waals surface area contributed by atoms with Crippen molar-refractivity contribution in [2.45, 2.75) is 6.92 Å². The van der Waals surface area contributed by atoms with Crippen molar-refractivity contribution in [1.82, 2.24) is 5.43 Å². The summed E-state index contributed by atoms with van der Waals surface area (Å²) in [7, 11) is 0. The molecule has 0 radical (unpaired) electrons. The van der Waals surface area contributed by atoms with Gasteiger partial charge in [0, 0.05) is 27.5 Å². The number of amides is 1. The Morgan fingerprint density at radius 3 is 2.74 bits per heavy atom. The molecule has 0 bridgehead atoms. The maximum Gasteiger partial charge on any atom is 0.272 e. The second-order valence-electron chi connectivity index (χ2n) is 5.87. The highest BCUT2D eigenvalue weighted by Crippen LogP contribution is 2.36. The lowest BCUT2D eigenvalue weighted by Gasteiger charge is -2.05. The van der Waals surface area contributed by atoms with Gasteiger partial charge in [-0.15, -0.1) is 11.3 Å². The third-order valence-corrected chi connectivity index (χ3v) is 5.38. The second-order valence-corrected chi connectivity index (χ2v) is 7.36. The SMILES string of the molecule is Cc1scc(C(=O)NN=Cc2cc3c(cc2Cl)OCO3)c1-c1ccccc1. The minimum absolute atomic E-state index is 0.169. The van der Waals surface area contributed by atoms with Gasteiger partial charge in [0.05, 0.1) is 16.8 Å². The molecule has 7 heteroatoms. The molecule has 2 heterocycles. The molecule has 1 aliphatic rings. The maximum atomic E-state index is 12.6. The van der Waals surface area contributed by atoms with Crippen LogP contribution in [0.1, 0.15) is 20.8 Å². The van der Waals surface area contributed by atoms with Gasteiger partial charge in [-0.05, 0) is 18.6 Å². The number of benzene rings is 2. The number of thiophene rings is 1. The van der Waals surface area contributed by atoms with Gasteiger partial charge in [0.1, 0.15) is 0 Å². The Morgan fingerprint density at radius 1 is 1.22 bits per heavy atom. The molecule has 0 saturated heterocycles. The molecular formula is C20H15ClN2O3S. The van der Waals surface area contributed by atoms with Crippen molar-refractivity contribution < 1.29 is 14.3 Å². The number of fused-ring (bicyclic) bond motifs is 1. The Bertz CT molecular complexity index is 1030. The van der Waals surface area contributed by atoms with E-state index in [-0.39, 0.29) is 12.7 Å². The standard InChI is InChI=1S/C20H15ClN2O3S/c1-12-19(13-5-3-2-4-6-13)15(10-27-12)20(24)23-22-9-14-7-17-18(8-16(14)21)26-11-25-17/h2-10H,11H2,1H3,(H,23,24). The van der Waals surface area contributed by atoms with E-state index in [2.05, 4.69) is 10.5 Å². The van der Waals surface area contributed by atoms with Crippen LogP contribution in [0.2, 0.25) is 5.02 Å². The second kappa shape index (κ2) is 7.42.